The van der Waals surface area contributed by atoms with Gasteiger partial charge >= 0.3 is 0 Å². The first-order chi connectivity index (χ1) is 6.24. The second kappa shape index (κ2) is 8.08. The van der Waals surface area contributed by atoms with E-state index in [1.165, 1.54) is 0 Å². The van der Waals surface area contributed by atoms with Crippen LogP contribution in [-0.2, 0) is 9.59 Å². The van der Waals surface area contributed by atoms with Gasteiger partial charge < -0.3 is 9.59 Å². The van der Waals surface area contributed by atoms with E-state index in [0.717, 1.165) is 6.29 Å². The van der Waals surface area contributed by atoms with E-state index in [1.54, 1.807) is 13.8 Å². The lowest BCUT2D eigenvalue weighted by atomic mass is 10.2. The Hall–Kier alpha value is 0.880. The normalized spacial score (nSPS) is 18.1. The fourth-order valence-corrected chi connectivity index (χ4v) is 0.258. The van der Waals surface area contributed by atoms with Crippen molar-refractivity contribution in [2.24, 2.45) is 0 Å². The highest BCUT2D eigenvalue weighted by atomic mass is 79.9. The minimum atomic E-state index is -0.860. The molecule has 0 heterocycles. The Kier molecular flexibility index (Phi) is 9.97. The predicted octanol–water partition coefficient (Wildman–Crippen LogP) is 3.16. The number of hydrogen-bond donors (Lipinski definition) is 0. The van der Waals surface area contributed by atoms with Crippen molar-refractivity contribution in [2.45, 2.75) is 23.0 Å². The zero-order valence-corrected chi connectivity index (χ0v) is 12.6. The number of hydrogen-bond acceptors (Lipinski definition) is 2. The predicted molar refractivity (Wildman–Crippen MR) is 68.2 cm³/mol. The summed E-state index contributed by atoms with van der Waals surface area (Å²) in [6, 6.07) is 0. The van der Waals surface area contributed by atoms with Crippen molar-refractivity contribution in [3.05, 3.63) is 0 Å². The molecule has 0 aromatic heterocycles. The summed E-state index contributed by atoms with van der Waals surface area (Å²) in [4.78, 5) is 19.0. The molecule has 0 bridgehead atoms. The van der Waals surface area contributed by atoms with Crippen LogP contribution in [0.1, 0.15) is 13.8 Å². The molecule has 2 nitrogen and oxygen atoms in total. The molecule has 0 aliphatic rings. The quantitative estimate of drug-likeness (QED) is 0.562. The Morgan fingerprint density at radius 3 is 1.71 bits per heavy atom. The molecule has 14 heavy (non-hydrogen) atoms. The molecule has 6 heteroatoms. The van der Waals surface area contributed by atoms with Crippen LogP contribution < -0.4 is 0 Å². The van der Waals surface area contributed by atoms with E-state index in [1.807, 2.05) is 0 Å². The van der Waals surface area contributed by atoms with E-state index in [2.05, 4.69) is 31.9 Å². The van der Waals surface area contributed by atoms with E-state index < -0.39 is 4.87 Å². The molecule has 0 spiro atoms. The maximum absolute atomic E-state index is 9.98. The maximum atomic E-state index is 9.98. The average molecular weight is 371 g/mol. The van der Waals surface area contributed by atoms with Crippen LogP contribution in [0.4, 0.5) is 0 Å². The molecule has 0 aromatic carbocycles. The van der Waals surface area contributed by atoms with Gasteiger partial charge in [-0.3, -0.25) is 0 Å². The molecule has 0 radical (unpaired) electrons. The van der Waals surface area contributed by atoms with Crippen LogP contribution in [0.5, 0.6) is 0 Å². The second-order valence-corrected chi connectivity index (χ2v) is 6.56. The molecule has 0 aliphatic carbocycles. The Morgan fingerprint density at radius 1 is 1.29 bits per heavy atom. The van der Waals surface area contributed by atoms with Crippen LogP contribution >= 0.6 is 55.1 Å². The van der Waals surface area contributed by atoms with Gasteiger partial charge in [0.15, 0.2) is 0 Å². The van der Waals surface area contributed by atoms with Crippen LogP contribution in [0.3, 0.4) is 0 Å². The molecular weight excluding hydrogens is 359 g/mol. The average Bonchev–Trinajstić information content (AvgIpc) is 2.19. The lowest BCUT2D eigenvalue weighted by molar-refractivity contribution is -0.109. The number of rotatable bonds is 4. The van der Waals surface area contributed by atoms with Gasteiger partial charge in [-0.2, -0.15) is 0 Å². The first kappa shape index (κ1) is 17.3. The third-order valence-corrected chi connectivity index (χ3v) is 4.31. The Balaban J connectivity index is 0. The van der Waals surface area contributed by atoms with E-state index in [9.17, 15) is 9.59 Å². The van der Waals surface area contributed by atoms with Crippen molar-refractivity contribution in [3.8, 4) is 0 Å². The Morgan fingerprint density at radius 2 is 1.71 bits per heavy atom. The SMILES string of the molecule is CC(Br)(C=O)CBr.CC(Cl)(C=O)CCl. The molecule has 0 saturated carbocycles. The third-order valence-electron chi connectivity index (χ3n) is 1.01. The lowest BCUT2D eigenvalue weighted by Crippen LogP contribution is -2.19. The topological polar surface area (TPSA) is 34.1 Å². The maximum Gasteiger partial charge on any atom is 0.141 e. The summed E-state index contributed by atoms with van der Waals surface area (Å²) in [6.07, 6.45) is 1.49. The highest BCUT2D eigenvalue weighted by Gasteiger charge is 2.16. The van der Waals surface area contributed by atoms with E-state index in [0.29, 0.717) is 11.6 Å². The summed E-state index contributed by atoms with van der Waals surface area (Å²) in [5.41, 5.74) is 0. The molecule has 0 amide bonds. The van der Waals surface area contributed by atoms with Gasteiger partial charge in [0.25, 0.3) is 0 Å². The molecule has 0 rings (SSSR count). The van der Waals surface area contributed by atoms with Crippen LogP contribution in [-0.4, -0.2) is 33.0 Å². The van der Waals surface area contributed by atoms with E-state index in [4.69, 9.17) is 23.2 Å². The van der Waals surface area contributed by atoms with Gasteiger partial charge in [0.1, 0.15) is 17.4 Å². The molecule has 0 N–H and O–H groups in total. The van der Waals surface area contributed by atoms with E-state index in [-0.39, 0.29) is 10.2 Å². The summed E-state index contributed by atoms with van der Waals surface area (Å²) in [5, 5.41) is 0.656. The molecule has 0 aromatic rings. The van der Waals surface area contributed by atoms with Gasteiger partial charge in [0.2, 0.25) is 0 Å². The van der Waals surface area contributed by atoms with Crippen molar-refractivity contribution < 1.29 is 9.59 Å². The zero-order valence-electron chi connectivity index (χ0n) is 7.90. The van der Waals surface area contributed by atoms with Gasteiger partial charge in [0.05, 0.1) is 4.32 Å². The minimum Gasteiger partial charge on any atom is -0.302 e. The number of carbonyl (C=O) groups excluding carboxylic acids is 2. The second-order valence-electron chi connectivity index (χ2n) is 3.06. The highest BCUT2D eigenvalue weighted by Crippen LogP contribution is 2.15. The number of aldehydes is 2. The smallest absolute Gasteiger partial charge is 0.141 e. The summed E-state index contributed by atoms with van der Waals surface area (Å²) < 4.78 is -0.368. The molecule has 0 aliphatic heterocycles. The summed E-state index contributed by atoms with van der Waals surface area (Å²) in [7, 11) is 0. The van der Waals surface area contributed by atoms with Gasteiger partial charge in [-0.15, -0.1) is 23.2 Å². The van der Waals surface area contributed by atoms with Crippen molar-refractivity contribution in [3.63, 3.8) is 0 Å². The van der Waals surface area contributed by atoms with Gasteiger partial charge in [-0.1, -0.05) is 31.9 Å². The zero-order chi connectivity index (χ0) is 11.8. The number of alkyl halides is 4. The molecule has 0 saturated heterocycles. The van der Waals surface area contributed by atoms with Crippen molar-refractivity contribution in [1.82, 2.24) is 0 Å². The summed E-state index contributed by atoms with van der Waals surface area (Å²) >= 11 is 17.0. The van der Waals surface area contributed by atoms with Gasteiger partial charge in [-0.25, -0.2) is 0 Å². The minimum absolute atomic E-state index is 0.165. The lowest BCUT2D eigenvalue weighted by Gasteiger charge is -2.06. The number of carbonyl (C=O) groups is 2. The van der Waals surface area contributed by atoms with E-state index >= 15 is 0 Å². The Bertz CT molecular complexity index is 164. The monoisotopic (exact) mass is 368 g/mol. The van der Waals surface area contributed by atoms with Crippen molar-refractivity contribution in [2.75, 3.05) is 11.2 Å². The van der Waals surface area contributed by atoms with Crippen molar-refractivity contribution >= 4 is 67.6 Å². The molecular formula is C8H12Br2Cl2O2. The van der Waals surface area contributed by atoms with Crippen LogP contribution in [0, 0.1) is 0 Å². The number of halogens is 4. The fourth-order valence-electron chi connectivity index (χ4n) is 0.0630. The third kappa shape index (κ3) is 11.0. The molecule has 2 atom stereocenters. The van der Waals surface area contributed by atoms with Crippen LogP contribution in [0.15, 0.2) is 0 Å². The molecule has 84 valence electrons. The first-order valence-corrected chi connectivity index (χ1v) is 6.50. The fraction of sp³-hybridized carbons (Fsp3) is 0.750. The molecule has 0 fully saturated rings. The highest BCUT2D eigenvalue weighted by molar-refractivity contribution is 9.12. The standard InChI is InChI=1S/C4H6Br2O.C4H6Cl2O/c2*1-4(6,2-5)3-7/h2*3H,2H2,1H3. The van der Waals surface area contributed by atoms with Crippen molar-refractivity contribution in [1.29, 1.82) is 0 Å². The first-order valence-electron chi connectivity index (χ1n) is 3.67. The summed E-state index contributed by atoms with van der Waals surface area (Å²) in [6.45, 7) is 3.36. The summed E-state index contributed by atoms with van der Waals surface area (Å²) in [5.74, 6) is 0.165. The van der Waals surface area contributed by atoms with Crippen LogP contribution in [0.2, 0.25) is 0 Å². The largest absolute Gasteiger partial charge is 0.302 e. The molecule has 2 unspecified atom stereocenters. The van der Waals surface area contributed by atoms with Gasteiger partial charge in [-0.05, 0) is 13.8 Å². The Labute approximate surface area is 111 Å². The van der Waals surface area contributed by atoms with Gasteiger partial charge in [0, 0.05) is 11.2 Å². The van der Waals surface area contributed by atoms with Crippen LogP contribution in [0.25, 0.3) is 0 Å².